The number of ether oxygens (including phenoxy) is 1. The van der Waals surface area contributed by atoms with Crippen molar-refractivity contribution in [2.75, 3.05) is 6.54 Å². The quantitative estimate of drug-likeness (QED) is 0.877. The van der Waals surface area contributed by atoms with Crippen molar-refractivity contribution in [1.82, 2.24) is 15.3 Å². The summed E-state index contributed by atoms with van der Waals surface area (Å²) in [4.78, 5) is 8.44. The molecule has 0 atom stereocenters. The zero-order valence-electron chi connectivity index (χ0n) is 12.6. The SMILES string of the molecule is Cc1cc(Oc2ncc(CNCC(C)C)cn2)ccc1Cl. The van der Waals surface area contributed by atoms with Crippen LogP contribution in [0.1, 0.15) is 25.0 Å². The van der Waals surface area contributed by atoms with Gasteiger partial charge in [0.15, 0.2) is 0 Å². The topological polar surface area (TPSA) is 47.0 Å². The lowest BCUT2D eigenvalue weighted by atomic mass is 10.2. The molecule has 0 aliphatic heterocycles. The smallest absolute Gasteiger partial charge is 0.321 e. The van der Waals surface area contributed by atoms with E-state index in [9.17, 15) is 0 Å². The van der Waals surface area contributed by atoms with Crippen LogP contribution in [0.25, 0.3) is 0 Å². The minimum atomic E-state index is 0.337. The molecule has 0 saturated heterocycles. The Morgan fingerprint density at radius 2 is 1.95 bits per heavy atom. The second kappa shape index (κ2) is 7.38. The molecule has 0 fully saturated rings. The Hall–Kier alpha value is -1.65. The molecule has 0 amide bonds. The highest BCUT2D eigenvalue weighted by Gasteiger charge is 2.03. The fourth-order valence-corrected chi connectivity index (χ4v) is 1.90. The molecule has 1 aromatic carbocycles. The van der Waals surface area contributed by atoms with Gasteiger partial charge in [-0.05, 0) is 43.1 Å². The normalized spacial score (nSPS) is 10.9. The third-order valence-corrected chi connectivity index (χ3v) is 3.33. The summed E-state index contributed by atoms with van der Waals surface area (Å²) in [5, 5.41) is 4.07. The Balaban J connectivity index is 1.94. The number of hydrogen-bond acceptors (Lipinski definition) is 4. The summed E-state index contributed by atoms with van der Waals surface area (Å²) in [5.41, 5.74) is 2.00. The van der Waals surface area contributed by atoms with Crippen LogP contribution in [0.4, 0.5) is 0 Å². The first kappa shape index (κ1) is 15.7. The summed E-state index contributed by atoms with van der Waals surface area (Å²) < 4.78 is 5.61. The molecule has 0 bridgehead atoms. The predicted molar refractivity (Wildman–Crippen MR) is 84.8 cm³/mol. The molecule has 112 valence electrons. The minimum absolute atomic E-state index is 0.337. The molecular formula is C16H20ClN3O. The zero-order chi connectivity index (χ0) is 15.2. The summed E-state index contributed by atoms with van der Waals surface area (Å²) in [5.74, 6) is 1.31. The van der Waals surface area contributed by atoms with Crippen molar-refractivity contribution in [2.24, 2.45) is 5.92 Å². The third-order valence-electron chi connectivity index (χ3n) is 2.90. The van der Waals surface area contributed by atoms with Crippen molar-refractivity contribution in [2.45, 2.75) is 27.3 Å². The van der Waals surface area contributed by atoms with E-state index in [4.69, 9.17) is 16.3 Å². The lowest BCUT2D eigenvalue weighted by molar-refractivity contribution is 0.440. The molecule has 0 aliphatic carbocycles. The Kier molecular flexibility index (Phi) is 5.53. The molecule has 0 aliphatic rings. The summed E-state index contributed by atoms with van der Waals surface area (Å²) in [6.07, 6.45) is 3.55. The zero-order valence-corrected chi connectivity index (χ0v) is 13.3. The van der Waals surface area contributed by atoms with E-state index >= 15 is 0 Å². The van der Waals surface area contributed by atoms with Crippen molar-refractivity contribution in [3.63, 3.8) is 0 Å². The van der Waals surface area contributed by atoms with Crippen LogP contribution in [0.15, 0.2) is 30.6 Å². The van der Waals surface area contributed by atoms with Gasteiger partial charge in [0.05, 0.1) is 0 Å². The van der Waals surface area contributed by atoms with Gasteiger partial charge in [0, 0.05) is 29.5 Å². The fourth-order valence-electron chi connectivity index (χ4n) is 1.78. The first-order valence-corrected chi connectivity index (χ1v) is 7.38. The molecule has 1 heterocycles. The average Bonchev–Trinajstić information content (AvgIpc) is 2.44. The summed E-state index contributed by atoms with van der Waals surface area (Å²) in [7, 11) is 0. The van der Waals surface area contributed by atoms with Crippen molar-refractivity contribution in [3.8, 4) is 11.8 Å². The standard InChI is InChI=1S/C16H20ClN3O/c1-11(2)7-18-8-13-9-19-16(20-10-13)21-14-4-5-15(17)12(3)6-14/h4-6,9-11,18H,7-8H2,1-3H3. The maximum absolute atomic E-state index is 5.98. The number of nitrogens with zero attached hydrogens (tertiary/aromatic N) is 2. The molecule has 21 heavy (non-hydrogen) atoms. The van der Waals surface area contributed by atoms with Gasteiger partial charge in [-0.25, -0.2) is 9.97 Å². The number of aromatic nitrogens is 2. The van der Waals surface area contributed by atoms with Gasteiger partial charge in [-0.3, -0.25) is 0 Å². The second-order valence-electron chi connectivity index (χ2n) is 5.41. The lowest BCUT2D eigenvalue weighted by Gasteiger charge is -2.08. The van der Waals surface area contributed by atoms with E-state index in [1.165, 1.54) is 0 Å². The molecule has 2 aromatic rings. The maximum Gasteiger partial charge on any atom is 0.321 e. The number of nitrogens with one attached hydrogen (secondary N) is 1. The molecule has 5 heteroatoms. The van der Waals surface area contributed by atoms with Crippen molar-refractivity contribution in [1.29, 1.82) is 0 Å². The molecule has 1 N–H and O–H groups in total. The molecule has 2 rings (SSSR count). The highest BCUT2D eigenvalue weighted by Crippen LogP contribution is 2.23. The number of benzene rings is 1. The highest BCUT2D eigenvalue weighted by atomic mass is 35.5. The summed E-state index contributed by atoms with van der Waals surface area (Å²) >= 11 is 5.98. The van der Waals surface area contributed by atoms with Gasteiger partial charge in [-0.2, -0.15) is 0 Å². The molecule has 4 nitrogen and oxygen atoms in total. The van der Waals surface area contributed by atoms with Gasteiger partial charge in [0.25, 0.3) is 0 Å². The molecule has 0 spiro atoms. The summed E-state index contributed by atoms with van der Waals surface area (Å²) in [6.45, 7) is 8.02. The first-order valence-electron chi connectivity index (χ1n) is 7.00. The number of rotatable bonds is 6. The molecule has 0 radical (unpaired) electrons. The van der Waals surface area contributed by atoms with E-state index in [1.807, 2.05) is 13.0 Å². The first-order chi connectivity index (χ1) is 10.0. The highest BCUT2D eigenvalue weighted by molar-refractivity contribution is 6.31. The van der Waals surface area contributed by atoms with E-state index in [-0.39, 0.29) is 0 Å². The molecule has 0 saturated carbocycles. The number of hydrogen-bond donors (Lipinski definition) is 1. The van der Waals surface area contributed by atoms with E-state index in [0.29, 0.717) is 17.7 Å². The van der Waals surface area contributed by atoms with E-state index < -0.39 is 0 Å². The minimum Gasteiger partial charge on any atom is -0.424 e. The van der Waals surface area contributed by atoms with Crippen molar-refractivity contribution in [3.05, 3.63) is 46.7 Å². The Morgan fingerprint density at radius 1 is 1.24 bits per heavy atom. The Morgan fingerprint density at radius 3 is 2.57 bits per heavy atom. The van der Waals surface area contributed by atoms with Crippen LogP contribution < -0.4 is 10.1 Å². The monoisotopic (exact) mass is 305 g/mol. The largest absolute Gasteiger partial charge is 0.424 e. The molecular weight excluding hydrogens is 286 g/mol. The van der Waals surface area contributed by atoms with Crippen LogP contribution in [-0.2, 0) is 6.54 Å². The van der Waals surface area contributed by atoms with Crippen LogP contribution in [0, 0.1) is 12.8 Å². The third kappa shape index (κ3) is 4.99. The molecule has 1 aromatic heterocycles. The van der Waals surface area contributed by atoms with Crippen molar-refractivity contribution < 1.29 is 4.74 Å². The van der Waals surface area contributed by atoms with Crippen molar-refractivity contribution >= 4 is 11.6 Å². The number of aryl methyl sites for hydroxylation is 1. The molecule has 0 unspecified atom stereocenters. The van der Waals surface area contributed by atoms with E-state index in [2.05, 4.69) is 29.1 Å². The maximum atomic E-state index is 5.98. The number of halogens is 1. The van der Waals surface area contributed by atoms with Crippen LogP contribution >= 0.6 is 11.6 Å². The Bertz CT molecular complexity index is 585. The van der Waals surface area contributed by atoms with Gasteiger partial charge < -0.3 is 10.1 Å². The van der Waals surface area contributed by atoms with Crippen LogP contribution in [0.3, 0.4) is 0 Å². The van der Waals surface area contributed by atoms with Gasteiger partial charge in [0.1, 0.15) is 5.75 Å². The van der Waals surface area contributed by atoms with Crippen LogP contribution in [-0.4, -0.2) is 16.5 Å². The van der Waals surface area contributed by atoms with Gasteiger partial charge >= 0.3 is 6.01 Å². The predicted octanol–water partition coefficient (Wildman–Crippen LogP) is 3.98. The summed E-state index contributed by atoms with van der Waals surface area (Å²) in [6, 6.07) is 5.81. The van der Waals surface area contributed by atoms with Crippen LogP contribution in [0.5, 0.6) is 11.8 Å². The lowest BCUT2D eigenvalue weighted by Crippen LogP contribution is -2.19. The van der Waals surface area contributed by atoms with E-state index in [1.54, 1.807) is 24.5 Å². The average molecular weight is 306 g/mol. The Labute approximate surface area is 130 Å². The second-order valence-corrected chi connectivity index (χ2v) is 5.82. The van der Waals surface area contributed by atoms with Crippen LogP contribution in [0.2, 0.25) is 5.02 Å². The van der Waals surface area contributed by atoms with E-state index in [0.717, 1.165) is 29.2 Å². The van der Waals surface area contributed by atoms with Gasteiger partial charge in [-0.1, -0.05) is 25.4 Å². The fraction of sp³-hybridized carbons (Fsp3) is 0.375. The van der Waals surface area contributed by atoms with Gasteiger partial charge in [0.2, 0.25) is 0 Å². The van der Waals surface area contributed by atoms with Gasteiger partial charge in [-0.15, -0.1) is 0 Å².